The van der Waals surface area contributed by atoms with Crippen molar-refractivity contribution in [1.82, 2.24) is 42.1 Å². The zero-order chi connectivity index (χ0) is 53.9. The predicted octanol–water partition coefficient (Wildman–Crippen LogP) is -1.94. The highest BCUT2D eigenvalue weighted by Gasteiger charge is 2.41. The Morgan fingerprint density at radius 2 is 0.986 bits per heavy atom. The highest BCUT2D eigenvalue weighted by atomic mass is 16.4. The number of carboxylic acids is 3. The molecule has 9 atom stereocenters. The van der Waals surface area contributed by atoms with Crippen LogP contribution in [0.15, 0.2) is 0 Å². The summed E-state index contributed by atoms with van der Waals surface area (Å²) in [6.45, 7) is 16.6. The lowest BCUT2D eigenvalue weighted by Crippen LogP contribution is -2.61. The molecule has 0 unspecified atom stereocenters. The van der Waals surface area contributed by atoms with E-state index in [1.165, 1.54) is 13.8 Å². The lowest BCUT2D eigenvalue weighted by atomic mass is 9.98. The third-order valence-electron chi connectivity index (χ3n) is 11.3. The van der Waals surface area contributed by atoms with Gasteiger partial charge in [0.1, 0.15) is 48.3 Å². The normalized spacial score (nSPS) is 17.0. The molecule has 1 aliphatic rings. The zero-order valence-electron chi connectivity index (χ0n) is 41.8. The molecule has 1 rings (SSSR count). The fraction of sp³-hybridized carbons (Fsp3) is 0.733. The monoisotopic (exact) mass is 997 g/mol. The van der Waals surface area contributed by atoms with Crippen LogP contribution in [0.3, 0.4) is 0 Å². The molecular formula is C45H76N10O15. The molecule has 0 bridgehead atoms. The van der Waals surface area contributed by atoms with Gasteiger partial charge in [-0.15, -0.1) is 0 Å². The molecule has 9 amide bonds. The minimum atomic E-state index is -1.93. The van der Waals surface area contributed by atoms with E-state index in [1.807, 2.05) is 13.8 Å². The molecule has 0 saturated carbocycles. The van der Waals surface area contributed by atoms with E-state index in [0.717, 1.165) is 4.90 Å². The Labute approximate surface area is 407 Å². The minimum Gasteiger partial charge on any atom is -0.481 e. The molecule has 70 heavy (non-hydrogen) atoms. The Morgan fingerprint density at radius 1 is 0.529 bits per heavy atom. The van der Waals surface area contributed by atoms with E-state index < -0.39 is 169 Å². The number of primary amides is 1. The summed E-state index contributed by atoms with van der Waals surface area (Å²) < 4.78 is 0. The lowest BCUT2D eigenvalue weighted by molar-refractivity contribution is -0.145. The molecule has 0 aromatic carbocycles. The quantitative estimate of drug-likeness (QED) is 0.0372. The van der Waals surface area contributed by atoms with Crippen LogP contribution in [-0.4, -0.2) is 152 Å². The number of carbonyl (C=O) groups is 12. The van der Waals surface area contributed by atoms with E-state index in [1.54, 1.807) is 41.5 Å². The Hall–Kier alpha value is -6.40. The van der Waals surface area contributed by atoms with Crippen molar-refractivity contribution in [3.05, 3.63) is 0 Å². The number of hydrogen-bond acceptors (Lipinski definition) is 13. The maximum Gasteiger partial charge on any atom is 0.326 e. The molecule has 1 saturated heterocycles. The molecular weight excluding hydrogens is 921 g/mol. The number of carboxylic acid groups (broad SMARTS) is 3. The first-order chi connectivity index (χ1) is 32.4. The van der Waals surface area contributed by atoms with Crippen molar-refractivity contribution in [3.8, 4) is 0 Å². The third kappa shape index (κ3) is 20.7. The standard InChI is InChI=1S/C45H76N10O15/c1-20(2)16-25(46)37(61)49-27(17-21(3)4)39(63)51-29(18-31(47)56)44(68)55-15-11-12-30(55)41(65)50-28(19-33(59)60)40(64)48-26(13-14-32(57)58)38(62)52-34(22(5)6)42(66)53-35(23(7)8)43(67)54-36(24(9)10)45(69)70/h20-30,34-36H,11-19,46H2,1-10H3,(H2,47,56)(H,48,64)(H,49,61)(H,50,65)(H,51,63)(H,52,62)(H,53,66)(H,54,67)(H,57,58)(H,59,60)(H,69,70)/t25-,26-,27-,28-,29-,30-,34-,35-,36-/m0/s1. The smallest absolute Gasteiger partial charge is 0.326 e. The van der Waals surface area contributed by atoms with Crippen molar-refractivity contribution in [2.45, 2.75) is 175 Å². The second kappa shape index (κ2) is 28.9. The fourth-order valence-corrected chi connectivity index (χ4v) is 7.56. The van der Waals surface area contributed by atoms with E-state index in [2.05, 4.69) is 37.2 Å². The van der Waals surface area contributed by atoms with Crippen molar-refractivity contribution < 1.29 is 72.9 Å². The molecule has 25 heteroatoms. The van der Waals surface area contributed by atoms with E-state index >= 15 is 0 Å². The average Bonchev–Trinajstić information content (AvgIpc) is 3.73. The van der Waals surface area contributed by atoms with E-state index in [9.17, 15) is 72.9 Å². The number of nitrogens with one attached hydrogen (secondary N) is 7. The molecule has 0 spiro atoms. The Kier molecular flexibility index (Phi) is 25.5. The van der Waals surface area contributed by atoms with Crippen LogP contribution in [0.5, 0.6) is 0 Å². The van der Waals surface area contributed by atoms with Crippen LogP contribution in [0, 0.1) is 29.6 Å². The molecule has 0 aliphatic carbocycles. The van der Waals surface area contributed by atoms with Gasteiger partial charge in [-0.3, -0.25) is 52.7 Å². The largest absolute Gasteiger partial charge is 0.481 e. The minimum absolute atomic E-state index is 0.0184. The third-order valence-corrected chi connectivity index (χ3v) is 11.3. The maximum absolute atomic E-state index is 14.1. The summed E-state index contributed by atoms with van der Waals surface area (Å²) in [6, 6.07) is -12.8. The number of hydrogen-bond donors (Lipinski definition) is 12. The number of amides is 9. The summed E-state index contributed by atoms with van der Waals surface area (Å²) >= 11 is 0. The van der Waals surface area contributed by atoms with Gasteiger partial charge in [0, 0.05) is 13.0 Å². The van der Waals surface area contributed by atoms with Gasteiger partial charge in [0.15, 0.2) is 0 Å². The number of aliphatic carboxylic acids is 3. The van der Waals surface area contributed by atoms with Gasteiger partial charge in [0.25, 0.3) is 0 Å². The fourth-order valence-electron chi connectivity index (χ4n) is 7.56. The number of likely N-dealkylation sites (tertiary alicyclic amines) is 1. The molecule has 1 fully saturated rings. The van der Waals surface area contributed by atoms with Crippen LogP contribution in [0.4, 0.5) is 0 Å². The number of carbonyl (C=O) groups excluding carboxylic acids is 9. The second-order valence-corrected chi connectivity index (χ2v) is 19.5. The van der Waals surface area contributed by atoms with E-state index in [0.29, 0.717) is 6.42 Å². The molecule has 1 aliphatic heterocycles. The van der Waals surface area contributed by atoms with Crippen LogP contribution in [0.1, 0.15) is 121 Å². The van der Waals surface area contributed by atoms with Crippen LogP contribution in [0.2, 0.25) is 0 Å². The Morgan fingerprint density at radius 3 is 1.44 bits per heavy atom. The van der Waals surface area contributed by atoms with E-state index in [-0.39, 0.29) is 37.6 Å². The molecule has 396 valence electrons. The van der Waals surface area contributed by atoms with Gasteiger partial charge in [-0.25, -0.2) is 4.79 Å². The predicted molar refractivity (Wildman–Crippen MR) is 250 cm³/mol. The maximum atomic E-state index is 14.1. The van der Waals surface area contributed by atoms with Crippen molar-refractivity contribution in [3.63, 3.8) is 0 Å². The van der Waals surface area contributed by atoms with Gasteiger partial charge in [0.2, 0.25) is 53.2 Å². The molecule has 25 nitrogen and oxygen atoms in total. The number of rotatable bonds is 30. The van der Waals surface area contributed by atoms with Crippen molar-refractivity contribution >= 4 is 71.1 Å². The van der Waals surface area contributed by atoms with Crippen molar-refractivity contribution in [2.75, 3.05) is 6.54 Å². The first kappa shape index (κ1) is 61.6. The van der Waals surface area contributed by atoms with E-state index in [4.69, 9.17) is 11.5 Å². The summed E-state index contributed by atoms with van der Waals surface area (Å²) in [4.78, 5) is 158. The first-order valence-electron chi connectivity index (χ1n) is 23.5. The van der Waals surface area contributed by atoms with Gasteiger partial charge in [-0.05, 0) is 61.7 Å². The van der Waals surface area contributed by atoms with Gasteiger partial charge in [-0.1, -0.05) is 69.2 Å². The highest BCUT2D eigenvalue weighted by Crippen LogP contribution is 2.21. The van der Waals surface area contributed by atoms with Crippen molar-refractivity contribution in [2.24, 2.45) is 41.1 Å². The van der Waals surface area contributed by atoms with Gasteiger partial charge >= 0.3 is 17.9 Å². The Balaban J connectivity index is 3.41. The van der Waals surface area contributed by atoms with Crippen LogP contribution in [-0.2, 0) is 57.5 Å². The lowest BCUT2D eigenvalue weighted by Gasteiger charge is -2.31. The van der Waals surface area contributed by atoms with Gasteiger partial charge < -0.3 is 68.9 Å². The highest BCUT2D eigenvalue weighted by molar-refractivity contribution is 6.00. The average molecular weight is 997 g/mol. The number of nitrogens with zero attached hydrogens (tertiary/aromatic N) is 1. The molecule has 14 N–H and O–H groups in total. The van der Waals surface area contributed by atoms with Crippen LogP contribution >= 0.6 is 0 Å². The Bertz CT molecular complexity index is 1910. The van der Waals surface area contributed by atoms with Crippen LogP contribution in [0.25, 0.3) is 0 Å². The topological polar surface area (TPSA) is 405 Å². The molecule has 0 aromatic rings. The molecule has 0 radical (unpaired) electrons. The zero-order valence-corrected chi connectivity index (χ0v) is 41.8. The van der Waals surface area contributed by atoms with Gasteiger partial charge in [0.05, 0.1) is 18.9 Å². The van der Waals surface area contributed by atoms with Gasteiger partial charge in [-0.2, -0.15) is 0 Å². The second-order valence-electron chi connectivity index (χ2n) is 19.5. The molecule has 1 heterocycles. The first-order valence-corrected chi connectivity index (χ1v) is 23.5. The molecule has 0 aromatic heterocycles. The summed E-state index contributed by atoms with van der Waals surface area (Å²) in [7, 11) is 0. The van der Waals surface area contributed by atoms with Crippen LogP contribution < -0.4 is 48.7 Å². The summed E-state index contributed by atoms with van der Waals surface area (Å²) in [5.74, 6) is -14.6. The summed E-state index contributed by atoms with van der Waals surface area (Å²) in [5.41, 5.74) is 11.5. The SMILES string of the molecule is CC(C)C[C@H](NC(=O)[C@@H](N)CC(C)C)C(=O)N[C@@H](CC(N)=O)C(=O)N1CCC[C@H]1C(=O)N[C@@H](CC(=O)O)C(=O)N[C@@H](CCC(=O)O)C(=O)N[C@H](C(=O)N[C@H](C(=O)N[C@H](C(=O)O)C(C)C)C(C)C)C(C)C. The number of nitrogens with two attached hydrogens (primary N) is 2. The summed E-state index contributed by atoms with van der Waals surface area (Å²) in [6.07, 6.45) is -2.44. The van der Waals surface area contributed by atoms with Crippen molar-refractivity contribution in [1.29, 1.82) is 0 Å². The summed E-state index contributed by atoms with van der Waals surface area (Å²) in [5, 5.41) is 45.8.